The number of nitrogens with zero attached hydrogens (tertiary/aromatic N) is 1. The molecule has 146 valence electrons. The van der Waals surface area contributed by atoms with Gasteiger partial charge in [-0.25, -0.2) is 4.39 Å². The first kappa shape index (κ1) is 19.2. The Kier molecular flexibility index (Phi) is 5.12. The number of furan rings is 1. The molecule has 6 heteroatoms. The molecule has 0 bridgehead atoms. The first-order valence-electron chi connectivity index (χ1n) is 9.39. The Bertz CT molecular complexity index is 1090. The number of hydrogen-bond donors (Lipinski definition) is 1. The van der Waals surface area contributed by atoms with E-state index in [9.17, 15) is 14.4 Å². The van der Waals surface area contributed by atoms with Crippen LogP contribution in [0, 0.1) is 17.1 Å². The molecule has 1 aliphatic rings. The van der Waals surface area contributed by atoms with Crippen molar-refractivity contribution in [3.63, 3.8) is 0 Å². The second-order valence-electron chi connectivity index (χ2n) is 7.23. The van der Waals surface area contributed by atoms with Gasteiger partial charge in [-0.3, -0.25) is 4.79 Å². The Balaban J connectivity index is 1.48. The number of nitriles is 1. The van der Waals surface area contributed by atoms with Gasteiger partial charge in [-0.1, -0.05) is 36.6 Å². The van der Waals surface area contributed by atoms with Crippen molar-refractivity contribution in [1.82, 2.24) is 0 Å². The predicted molar refractivity (Wildman–Crippen MR) is 109 cm³/mol. The van der Waals surface area contributed by atoms with Crippen LogP contribution in [-0.2, 0) is 5.41 Å². The lowest BCUT2D eigenvalue weighted by molar-refractivity contribution is 0.0997. The van der Waals surface area contributed by atoms with Gasteiger partial charge in [0.2, 0.25) is 0 Å². The highest BCUT2D eigenvalue weighted by atomic mass is 35.5. The number of halogens is 2. The van der Waals surface area contributed by atoms with Crippen LogP contribution in [0.3, 0.4) is 0 Å². The van der Waals surface area contributed by atoms with E-state index in [0.717, 1.165) is 31.2 Å². The highest BCUT2D eigenvalue weighted by molar-refractivity contribution is 6.31. The molecule has 0 unspecified atom stereocenters. The Morgan fingerprint density at radius 1 is 1.10 bits per heavy atom. The van der Waals surface area contributed by atoms with E-state index >= 15 is 0 Å². The van der Waals surface area contributed by atoms with Gasteiger partial charge in [0.25, 0.3) is 5.91 Å². The molecule has 1 aliphatic carbocycles. The van der Waals surface area contributed by atoms with E-state index in [2.05, 4.69) is 11.4 Å². The molecule has 1 aromatic heterocycles. The minimum Gasteiger partial charge on any atom is -0.451 e. The average molecular weight is 409 g/mol. The molecule has 1 N–H and O–H groups in total. The van der Waals surface area contributed by atoms with E-state index in [-0.39, 0.29) is 10.8 Å². The van der Waals surface area contributed by atoms with E-state index in [0.29, 0.717) is 17.0 Å². The van der Waals surface area contributed by atoms with Crippen molar-refractivity contribution in [2.45, 2.75) is 31.1 Å². The van der Waals surface area contributed by atoms with Gasteiger partial charge >= 0.3 is 0 Å². The largest absolute Gasteiger partial charge is 0.451 e. The summed E-state index contributed by atoms with van der Waals surface area (Å²) < 4.78 is 18.9. The van der Waals surface area contributed by atoms with Crippen LogP contribution < -0.4 is 5.32 Å². The van der Waals surface area contributed by atoms with E-state index < -0.39 is 17.1 Å². The van der Waals surface area contributed by atoms with E-state index in [1.54, 1.807) is 24.3 Å². The quantitative estimate of drug-likeness (QED) is 0.548. The zero-order valence-corrected chi connectivity index (χ0v) is 16.3. The maximum absolute atomic E-state index is 13.3. The number of benzene rings is 2. The van der Waals surface area contributed by atoms with Gasteiger partial charge in [-0.05, 0) is 60.9 Å². The van der Waals surface area contributed by atoms with E-state index in [1.165, 1.54) is 18.2 Å². The van der Waals surface area contributed by atoms with Crippen LogP contribution in [0.4, 0.5) is 10.1 Å². The third kappa shape index (κ3) is 3.76. The number of carbonyl (C=O) groups is 1. The molecule has 3 aromatic rings. The molecule has 2 aromatic carbocycles. The number of anilines is 1. The van der Waals surface area contributed by atoms with Crippen molar-refractivity contribution in [3.8, 4) is 17.4 Å². The molecule has 1 heterocycles. The topological polar surface area (TPSA) is 66.0 Å². The summed E-state index contributed by atoms with van der Waals surface area (Å²) >= 11 is 5.80. The molecule has 0 saturated heterocycles. The van der Waals surface area contributed by atoms with Crippen LogP contribution >= 0.6 is 11.6 Å². The fraction of sp³-hybridized carbons (Fsp3) is 0.217. The van der Waals surface area contributed by atoms with E-state index in [4.69, 9.17) is 16.0 Å². The minimum absolute atomic E-state index is 0.0117. The van der Waals surface area contributed by atoms with Crippen molar-refractivity contribution in [1.29, 1.82) is 5.26 Å². The molecule has 4 rings (SSSR count). The lowest BCUT2D eigenvalue weighted by Gasteiger charge is -2.20. The Hall–Kier alpha value is -3.10. The minimum atomic E-state index is -0.515. The number of amides is 1. The maximum atomic E-state index is 13.3. The lowest BCUT2D eigenvalue weighted by Crippen LogP contribution is -2.19. The van der Waals surface area contributed by atoms with Crippen molar-refractivity contribution < 1.29 is 13.6 Å². The van der Waals surface area contributed by atoms with Crippen LogP contribution in [0.15, 0.2) is 59.0 Å². The molecule has 29 heavy (non-hydrogen) atoms. The van der Waals surface area contributed by atoms with Gasteiger partial charge in [0.1, 0.15) is 11.6 Å². The highest BCUT2D eigenvalue weighted by Crippen LogP contribution is 2.40. The van der Waals surface area contributed by atoms with Crippen molar-refractivity contribution >= 4 is 23.2 Å². The van der Waals surface area contributed by atoms with Crippen LogP contribution in [0.25, 0.3) is 11.3 Å². The number of hydrogen-bond acceptors (Lipinski definition) is 3. The second-order valence-corrected chi connectivity index (χ2v) is 7.63. The Morgan fingerprint density at radius 2 is 1.83 bits per heavy atom. The normalized spacial score (nSPS) is 15.1. The summed E-state index contributed by atoms with van der Waals surface area (Å²) in [6.07, 6.45) is 3.87. The fourth-order valence-electron chi connectivity index (χ4n) is 3.77. The van der Waals surface area contributed by atoms with Gasteiger partial charge in [-0.2, -0.15) is 5.26 Å². The average Bonchev–Trinajstić information content (AvgIpc) is 3.41. The molecule has 1 fully saturated rings. The summed E-state index contributed by atoms with van der Waals surface area (Å²) in [5, 5.41) is 12.4. The molecule has 0 radical (unpaired) electrons. The van der Waals surface area contributed by atoms with Crippen LogP contribution in [0.1, 0.15) is 41.8 Å². The van der Waals surface area contributed by atoms with Crippen LogP contribution in [0.2, 0.25) is 5.02 Å². The molecule has 0 atom stereocenters. The van der Waals surface area contributed by atoms with Crippen molar-refractivity contribution in [3.05, 3.63) is 76.8 Å². The first-order chi connectivity index (χ1) is 14.0. The number of carbonyl (C=O) groups excluding carboxylic acids is 1. The number of rotatable bonds is 4. The Morgan fingerprint density at radius 3 is 2.48 bits per heavy atom. The van der Waals surface area contributed by atoms with Gasteiger partial charge < -0.3 is 9.73 Å². The number of nitrogens with one attached hydrogen (secondary N) is 1. The summed E-state index contributed by atoms with van der Waals surface area (Å²) in [4.78, 5) is 12.5. The van der Waals surface area contributed by atoms with Crippen LogP contribution in [-0.4, -0.2) is 5.91 Å². The zero-order chi connectivity index (χ0) is 20.4. The highest BCUT2D eigenvalue weighted by Gasteiger charge is 2.35. The molecule has 0 spiro atoms. The third-order valence-corrected chi connectivity index (χ3v) is 5.69. The van der Waals surface area contributed by atoms with Crippen molar-refractivity contribution in [2.75, 3.05) is 5.32 Å². The molecular weight excluding hydrogens is 391 g/mol. The fourth-order valence-corrected chi connectivity index (χ4v) is 3.95. The maximum Gasteiger partial charge on any atom is 0.291 e. The van der Waals surface area contributed by atoms with E-state index in [1.807, 2.05) is 12.1 Å². The lowest BCUT2D eigenvalue weighted by atomic mass is 9.80. The molecule has 1 saturated carbocycles. The third-order valence-electron chi connectivity index (χ3n) is 5.40. The smallest absolute Gasteiger partial charge is 0.291 e. The first-order valence-corrected chi connectivity index (χ1v) is 9.77. The summed E-state index contributed by atoms with van der Waals surface area (Å²) in [6, 6.07) is 17.3. The van der Waals surface area contributed by atoms with Gasteiger partial charge in [0.05, 0.1) is 16.5 Å². The SMILES string of the molecule is N#CC1(c2ccc(NC(=O)c3ccc(-c4ccc(F)c(Cl)c4)o3)cc2)CCCC1. The van der Waals surface area contributed by atoms with Crippen molar-refractivity contribution in [2.24, 2.45) is 0 Å². The molecular formula is C23H18ClFN2O2. The Labute approximate surface area is 172 Å². The second kappa shape index (κ2) is 7.73. The van der Waals surface area contributed by atoms with Gasteiger partial charge in [0.15, 0.2) is 5.76 Å². The summed E-state index contributed by atoms with van der Waals surface area (Å²) in [5.74, 6) is -0.356. The summed E-state index contributed by atoms with van der Waals surface area (Å²) in [6.45, 7) is 0. The molecule has 1 amide bonds. The van der Waals surface area contributed by atoms with Crippen LogP contribution in [0.5, 0.6) is 0 Å². The zero-order valence-electron chi connectivity index (χ0n) is 15.5. The standard InChI is InChI=1S/C23H18ClFN2O2/c24-18-13-15(3-8-19(18)25)20-9-10-21(29-20)22(28)27-17-6-4-16(5-7-17)23(14-26)11-1-2-12-23/h3-10,13H,1-2,11-12H2,(H,27,28). The molecule has 0 aliphatic heterocycles. The molecule has 4 nitrogen and oxygen atoms in total. The monoisotopic (exact) mass is 408 g/mol. The summed E-state index contributed by atoms with van der Waals surface area (Å²) in [5.41, 5.74) is 1.78. The van der Waals surface area contributed by atoms with Gasteiger partial charge in [-0.15, -0.1) is 0 Å². The predicted octanol–water partition coefficient (Wildman–Crippen LogP) is 6.33. The summed E-state index contributed by atoms with van der Waals surface area (Å²) in [7, 11) is 0. The van der Waals surface area contributed by atoms with Gasteiger partial charge in [0, 0.05) is 11.3 Å².